The summed E-state index contributed by atoms with van der Waals surface area (Å²) < 4.78 is 5.34. The Hall–Kier alpha value is -3.42. The van der Waals surface area contributed by atoms with Crippen molar-refractivity contribution in [3.8, 4) is 5.75 Å². The predicted molar refractivity (Wildman–Crippen MR) is 86.5 cm³/mol. The van der Waals surface area contributed by atoms with Gasteiger partial charge in [-0.3, -0.25) is 14.9 Å². The number of benzene rings is 2. The number of aromatic amines is 1. The summed E-state index contributed by atoms with van der Waals surface area (Å²) in [4.78, 5) is 29.3. The maximum atomic E-state index is 11.8. The number of aromatic nitrogens is 2. The van der Waals surface area contributed by atoms with Crippen LogP contribution >= 0.6 is 0 Å². The van der Waals surface area contributed by atoms with Crippen molar-refractivity contribution in [2.75, 3.05) is 6.61 Å². The fourth-order valence-electron chi connectivity index (χ4n) is 2.15. The van der Waals surface area contributed by atoms with Crippen LogP contribution < -0.4 is 10.1 Å². The molecule has 2 N–H and O–H groups in total. The van der Waals surface area contributed by atoms with Crippen LogP contribution in [0, 0.1) is 10.1 Å². The topological polar surface area (TPSA) is 110 Å². The molecule has 0 aliphatic heterocycles. The van der Waals surface area contributed by atoms with Gasteiger partial charge in [0.2, 0.25) is 0 Å². The number of hydrogen-bond acceptors (Lipinski definition) is 5. The average Bonchev–Trinajstić information content (AvgIpc) is 3.01. The van der Waals surface area contributed by atoms with Crippen molar-refractivity contribution in [2.45, 2.75) is 6.54 Å². The Morgan fingerprint density at radius 3 is 2.79 bits per heavy atom. The Balaban J connectivity index is 1.57. The van der Waals surface area contributed by atoms with Gasteiger partial charge in [-0.15, -0.1) is 0 Å². The number of nitro groups is 1. The third-order valence-corrected chi connectivity index (χ3v) is 3.29. The van der Waals surface area contributed by atoms with E-state index in [1.165, 1.54) is 12.1 Å². The second-order valence-electron chi connectivity index (χ2n) is 5.02. The minimum Gasteiger partial charge on any atom is -0.484 e. The first kappa shape index (κ1) is 15.5. The van der Waals surface area contributed by atoms with Crippen molar-refractivity contribution >= 4 is 22.6 Å². The number of nitrogens with one attached hydrogen (secondary N) is 2. The van der Waals surface area contributed by atoms with E-state index in [1.54, 1.807) is 18.2 Å². The molecule has 0 radical (unpaired) electrons. The molecule has 1 heterocycles. The minimum atomic E-state index is -0.470. The van der Waals surface area contributed by atoms with Crippen molar-refractivity contribution in [3.63, 3.8) is 0 Å². The highest BCUT2D eigenvalue weighted by molar-refractivity contribution is 5.79. The molecule has 0 bridgehead atoms. The standard InChI is InChI=1S/C16H14N4O4/c21-16(10-24-12-4-2-1-3-5-12)17-9-15-18-13-7-6-11(20(22)23)8-14(13)19-15/h1-8H,9-10H2,(H,17,21)(H,18,19). The summed E-state index contributed by atoms with van der Waals surface area (Å²) in [6.07, 6.45) is 0. The van der Waals surface area contributed by atoms with Crippen LogP contribution in [0.4, 0.5) is 5.69 Å². The maximum absolute atomic E-state index is 11.8. The molecule has 0 saturated heterocycles. The third-order valence-electron chi connectivity index (χ3n) is 3.29. The first-order valence-corrected chi connectivity index (χ1v) is 7.19. The molecule has 2 aromatic carbocycles. The SMILES string of the molecule is O=C(COc1ccccc1)NCc1nc2ccc([N+](=O)[O-])cc2[nH]1. The molecule has 0 aliphatic carbocycles. The monoisotopic (exact) mass is 326 g/mol. The van der Waals surface area contributed by atoms with Crippen LogP contribution in [0.5, 0.6) is 5.75 Å². The number of H-pyrrole nitrogens is 1. The summed E-state index contributed by atoms with van der Waals surface area (Å²) in [5.74, 6) is 0.840. The van der Waals surface area contributed by atoms with Crippen LogP contribution in [0.2, 0.25) is 0 Å². The summed E-state index contributed by atoms with van der Waals surface area (Å²) in [6, 6.07) is 13.4. The molecule has 0 saturated carbocycles. The first-order valence-electron chi connectivity index (χ1n) is 7.19. The molecular formula is C16H14N4O4. The number of nitro benzene ring substituents is 1. The minimum absolute atomic E-state index is 0.0157. The number of nitrogens with zero attached hydrogens (tertiary/aromatic N) is 2. The van der Waals surface area contributed by atoms with Gasteiger partial charge in [-0.25, -0.2) is 4.98 Å². The molecule has 0 spiro atoms. The molecule has 1 amide bonds. The highest BCUT2D eigenvalue weighted by Crippen LogP contribution is 2.18. The largest absolute Gasteiger partial charge is 0.484 e. The van der Waals surface area contributed by atoms with Crippen LogP contribution in [-0.4, -0.2) is 27.4 Å². The van der Waals surface area contributed by atoms with Gasteiger partial charge in [0, 0.05) is 12.1 Å². The lowest BCUT2D eigenvalue weighted by Gasteiger charge is -2.06. The molecule has 8 heteroatoms. The van der Waals surface area contributed by atoms with Gasteiger partial charge in [0.1, 0.15) is 11.6 Å². The second kappa shape index (κ2) is 6.78. The molecule has 8 nitrogen and oxygen atoms in total. The normalized spacial score (nSPS) is 10.5. The van der Waals surface area contributed by atoms with Crippen LogP contribution in [0.25, 0.3) is 11.0 Å². The Morgan fingerprint density at radius 1 is 1.25 bits per heavy atom. The molecule has 3 aromatic rings. The van der Waals surface area contributed by atoms with Gasteiger partial charge in [0.05, 0.1) is 22.5 Å². The zero-order chi connectivity index (χ0) is 16.9. The second-order valence-corrected chi connectivity index (χ2v) is 5.02. The van der Waals surface area contributed by atoms with Gasteiger partial charge in [-0.1, -0.05) is 18.2 Å². The van der Waals surface area contributed by atoms with Crippen molar-refractivity contribution in [1.82, 2.24) is 15.3 Å². The lowest BCUT2D eigenvalue weighted by Crippen LogP contribution is -2.28. The predicted octanol–water partition coefficient (Wildman–Crippen LogP) is 2.17. The summed E-state index contributed by atoms with van der Waals surface area (Å²) in [6.45, 7) is 0.0785. The molecule has 3 rings (SSSR count). The lowest BCUT2D eigenvalue weighted by molar-refractivity contribution is -0.384. The van der Waals surface area contributed by atoms with Crippen LogP contribution in [-0.2, 0) is 11.3 Å². The van der Waals surface area contributed by atoms with E-state index < -0.39 is 4.92 Å². The third kappa shape index (κ3) is 3.67. The van der Waals surface area contributed by atoms with E-state index in [0.717, 1.165) is 0 Å². The first-order chi connectivity index (χ1) is 11.6. The molecule has 0 fully saturated rings. The molecule has 0 unspecified atom stereocenters. The summed E-state index contributed by atoms with van der Waals surface area (Å²) in [5, 5.41) is 13.4. The van der Waals surface area contributed by atoms with Gasteiger partial charge in [0.25, 0.3) is 11.6 Å². The van der Waals surface area contributed by atoms with Crippen molar-refractivity contribution in [1.29, 1.82) is 0 Å². The zero-order valence-electron chi connectivity index (χ0n) is 12.6. The Morgan fingerprint density at radius 2 is 2.04 bits per heavy atom. The van der Waals surface area contributed by atoms with E-state index in [4.69, 9.17) is 4.74 Å². The van der Waals surface area contributed by atoms with E-state index in [-0.39, 0.29) is 24.7 Å². The summed E-state index contributed by atoms with van der Waals surface area (Å²) in [7, 11) is 0. The molecular weight excluding hydrogens is 312 g/mol. The fraction of sp³-hybridized carbons (Fsp3) is 0.125. The molecule has 1 aromatic heterocycles. The molecule has 122 valence electrons. The molecule has 0 aliphatic rings. The Kier molecular flexibility index (Phi) is 4.37. The Labute approximate surface area is 136 Å². The van der Waals surface area contributed by atoms with Gasteiger partial charge in [-0.05, 0) is 18.2 Å². The Bertz CT molecular complexity index is 876. The molecule has 24 heavy (non-hydrogen) atoms. The lowest BCUT2D eigenvalue weighted by atomic mass is 10.3. The maximum Gasteiger partial charge on any atom is 0.271 e. The number of para-hydroxylation sites is 1. The number of rotatable bonds is 6. The van der Waals surface area contributed by atoms with Gasteiger partial charge < -0.3 is 15.0 Å². The van der Waals surface area contributed by atoms with Crippen LogP contribution in [0.15, 0.2) is 48.5 Å². The average molecular weight is 326 g/mol. The van der Waals surface area contributed by atoms with Gasteiger partial charge in [0.15, 0.2) is 6.61 Å². The smallest absolute Gasteiger partial charge is 0.271 e. The number of amides is 1. The fourth-order valence-corrected chi connectivity index (χ4v) is 2.15. The van der Waals surface area contributed by atoms with Crippen molar-refractivity contribution in [3.05, 3.63) is 64.5 Å². The number of ether oxygens (including phenoxy) is 1. The highest BCUT2D eigenvalue weighted by Gasteiger charge is 2.10. The number of imidazole rings is 1. The van der Waals surface area contributed by atoms with E-state index in [9.17, 15) is 14.9 Å². The number of carbonyl (C=O) groups excluding carboxylic acids is 1. The van der Waals surface area contributed by atoms with E-state index in [2.05, 4.69) is 15.3 Å². The van der Waals surface area contributed by atoms with Crippen molar-refractivity contribution in [2.24, 2.45) is 0 Å². The number of fused-ring (bicyclic) bond motifs is 1. The zero-order valence-corrected chi connectivity index (χ0v) is 12.6. The highest BCUT2D eigenvalue weighted by atomic mass is 16.6. The number of carbonyl (C=O) groups is 1. The molecule has 0 atom stereocenters. The number of hydrogen-bond donors (Lipinski definition) is 2. The van der Waals surface area contributed by atoms with Crippen LogP contribution in [0.1, 0.15) is 5.82 Å². The van der Waals surface area contributed by atoms with Crippen molar-refractivity contribution < 1.29 is 14.5 Å². The summed E-state index contributed by atoms with van der Waals surface area (Å²) in [5.41, 5.74) is 1.14. The summed E-state index contributed by atoms with van der Waals surface area (Å²) >= 11 is 0. The van der Waals surface area contributed by atoms with Crippen LogP contribution in [0.3, 0.4) is 0 Å². The van der Waals surface area contributed by atoms with Gasteiger partial charge in [-0.2, -0.15) is 0 Å². The van der Waals surface area contributed by atoms with E-state index in [0.29, 0.717) is 22.6 Å². The van der Waals surface area contributed by atoms with E-state index in [1.807, 2.05) is 18.2 Å². The van der Waals surface area contributed by atoms with E-state index >= 15 is 0 Å². The van der Waals surface area contributed by atoms with Gasteiger partial charge >= 0.3 is 0 Å². The quantitative estimate of drug-likeness (QED) is 0.533. The number of non-ortho nitro benzene ring substituents is 1.